The smallest absolute Gasteiger partial charge is 0.161 e. The molecule has 0 saturated carbocycles. The highest BCUT2D eigenvalue weighted by Crippen LogP contribution is 2.30. The van der Waals surface area contributed by atoms with Gasteiger partial charge < -0.3 is 14.5 Å². The van der Waals surface area contributed by atoms with E-state index in [9.17, 15) is 0 Å². The molecule has 0 radical (unpaired) electrons. The van der Waals surface area contributed by atoms with Gasteiger partial charge in [0.25, 0.3) is 0 Å². The van der Waals surface area contributed by atoms with Crippen LogP contribution in [0.2, 0.25) is 0 Å². The average molecular weight is 435 g/mol. The number of aryl methyl sites for hydroxylation is 1. The summed E-state index contributed by atoms with van der Waals surface area (Å²) in [6.07, 6.45) is 7.43. The van der Waals surface area contributed by atoms with E-state index < -0.39 is 0 Å². The standard InChI is InChI=1S/C24H21N9/c1-14-12-33(13-26-14)20-6-4-5-18-21(20)29-24(28-18)23-22-19(30-31-23)8-7-17(27-22)15-9-16(32(2)3)11-25-10-15/h4-13H,1-3H3,(H,28,29)(H,30,31). The van der Waals surface area contributed by atoms with E-state index >= 15 is 0 Å². The number of nitrogens with zero attached hydrogens (tertiary/aromatic N) is 7. The topological polar surface area (TPSA) is 104 Å². The number of benzene rings is 1. The van der Waals surface area contributed by atoms with Crippen LogP contribution < -0.4 is 4.90 Å². The van der Waals surface area contributed by atoms with E-state index in [-0.39, 0.29) is 0 Å². The summed E-state index contributed by atoms with van der Waals surface area (Å²) < 4.78 is 1.98. The van der Waals surface area contributed by atoms with E-state index in [1.807, 2.05) is 79.4 Å². The Kier molecular flexibility index (Phi) is 4.22. The highest BCUT2D eigenvalue weighted by molar-refractivity contribution is 5.93. The maximum Gasteiger partial charge on any atom is 0.161 e. The Hall–Kier alpha value is -4.53. The second kappa shape index (κ2) is 7.27. The second-order valence-electron chi connectivity index (χ2n) is 8.17. The second-order valence-corrected chi connectivity index (χ2v) is 8.17. The monoisotopic (exact) mass is 435 g/mol. The number of fused-ring (bicyclic) bond motifs is 2. The molecule has 0 unspecified atom stereocenters. The van der Waals surface area contributed by atoms with Gasteiger partial charge in [-0.15, -0.1) is 0 Å². The number of H-pyrrole nitrogens is 2. The van der Waals surface area contributed by atoms with Gasteiger partial charge in [0.2, 0.25) is 0 Å². The van der Waals surface area contributed by atoms with Crippen LogP contribution in [0, 0.1) is 6.92 Å². The van der Waals surface area contributed by atoms with Gasteiger partial charge in [-0.25, -0.2) is 15.0 Å². The number of aromatic amines is 2. The Morgan fingerprint density at radius 2 is 1.88 bits per heavy atom. The molecule has 0 atom stereocenters. The SMILES string of the molecule is Cc1cn(-c2cccc3[nH]c(-c4n[nH]c5ccc(-c6cncc(N(C)C)c6)nc45)nc23)cn1. The third kappa shape index (κ3) is 3.21. The number of hydrogen-bond acceptors (Lipinski definition) is 6. The predicted molar refractivity (Wildman–Crippen MR) is 128 cm³/mol. The van der Waals surface area contributed by atoms with Crippen LogP contribution in [0.4, 0.5) is 5.69 Å². The van der Waals surface area contributed by atoms with Gasteiger partial charge in [-0.05, 0) is 37.3 Å². The lowest BCUT2D eigenvalue weighted by molar-refractivity contribution is 1.06. The highest BCUT2D eigenvalue weighted by atomic mass is 15.2. The maximum atomic E-state index is 4.91. The first kappa shape index (κ1) is 19.2. The van der Waals surface area contributed by atoms with Crippen LogP contribution in [0.3, 0.4) is 0 Å². The number of anilines is 1. The first-order valence-corrected chi connectivity index (χ1v) is 10.5. The first-order chi connectivity index (χ1) is 16.1. The van der Waals surface area contributed by atoms with Crippen molar-refractivity contribution in [2.45, 2.75) is 6.92 Å². The van der Waals surface area contributed by atoms with Crippen molar-refractivity contribution in [3.05, 3.63) is 67.0 Å². The van der Waals surface area contributed by atoms with Gasteiger partial charge in [-0.2, -0.15) is 5.10 Å². The molecule has 0 amide bonds. The molecule has 0 aliphatic carbocycles. The van der Waals surface area contributed by atoms with E-state index in [1.165, 1.54) is 0 Å². The Labute approximate surface area is 189 Å². The number of imidazole rings is 2. The molecule has 0 spiro atoms. The minimum absolute atomic E-state index is 0.658. The summed E-state index contributed by atoms with van der Waals surface area (Å²) in [4.78, 5) is 23.9. The van der Waals surface area contributed by atoms with Gasteiger partial charge >= 0.3 is 0 Å². The van der Waals surface area contributed by atoms with Crippen LogP contribution in [0.15, 0.2) is 61.3 Å². The van der Waals surface area contributed by atoms with E-state index in [4.69, 9.17) is 9.97 Å². The zero-order chi connectivity index (χ0) is 22.5. The number of pyridine rings is 2. The molecule has 0 aliphatic heterocycles. The summed E-state index contributed by atoms with van der Waals surface area (Å²) in [5, 5.41) is 7.60. The fourth-order valence-electron chi connectivity index (χ4n) is 3.93. The largest absolute Gasteiger partial charge is 0.376 e. The van der Waals surface area contributed by atoms with Crippen molar-refractivity contribution in [3.63, 3.8) is 0 Å². The third-order valence-electron chi connectivity index (χ3n) is 5.65. The normalized spacial score (nSPS) is 11.5. The van der Waals surface area contributed by atoms with Crippen molar-refractivity contribution in [2.75, 3.05) is 19.0 Å². The number of hydrogen-bond donors (Lipinski definition) is 2. The third-order valence-corrected chi connectivity index (χ3v) is 5.65. The Morgan fingerprint density at radius 3 is 2.70 bits per heavy atom. The molecule has 2 N–H and O–H groups in total. The van der Waals surface area contributed by atoms with Gasteiger partial charge in [0.15, 0.2) is 11.5 Å². The first-order valence-electron chi connectivity index (χ1n) is 10.5. The summed E-state index contributed by atoms with van der Waals surface area (Å²) in [7, 11) is 3.99. The van der Waals surface area contributed by atoms with Crippen molar-refractivity contribution < 1.29 is 0 Å². The van der Waals surface area contributed by atoms with Crippen molar-refractivity contribution >= 4 is 27.8 Å². The zero-order valence-electron chi connectivity index (χ0n) is 18.4. The minimum Gasteiger partial charge on any atom is -0.376 e. The Balaban J connectivity index is 1.48. The van der Waals surface area contributed by atoms with Crippen LogP contribution in [-0.4, -0.2) is 53.8 Å². The number of rotatable bonds is 4. The number of para-hydroxylation sites is 1. The van der Waals surface area contributed by atoms with Gasteiger partial charge in [0.1, 0.15) is 11.0 Å². The molecule has 9 heteroatoms. The molecule has 0 bridgehead atoms. The van der Waals surface area contributed by atoms with Crippen LogP contribution >= 0.6 is 0 Å². The lowest BCUT2D eigenvalue weighted by Gasteiger charge is -2.12. The van der Waals surface area contributed by atoms with Crippen molar-refractivity contribution in [1.29, 1.82) is 0 Å². The van der Waals surface area contributed by atoms with E-state index in [1.54, 1.807) is 6.33 Å². The molecule has 5 aromatic heterocycles. The Morgan fingerprint density at radius 1 is 0.970 bits per heavy atom. The fraction of sp³-hybridized carbons (Fsp3) is 0.125. The quantitative estimate of drug-likeness (QED) is 0.432. The molecule has 0 saturated heterocycles. The molecule has 0 aliphatic rings. The molecule has 6 rings (SSSR count). The van der Waals surface area contributed by atoms with Crippen LogP contribution in [0.1, 0.15) is 5.69 Å². The van der Waals surface area contributed by atoms with Gasteiger partial charge in [0, 0.05) is 32.1 Å². The number of aromatic nitrogens is 8. The Bertz CT molecular complexity index is 1620. The van der Waals surface area contributed by atoms with Gasteiger partial charge in [-0.1, -0.05) is 6.07 Å². The maximum absolute atomic E-state index is 4.91. The van der Waals surface area contributed by atoms with E-state index in [0.29, 0.717) is 11.5 Å². The molecule has 5 heterocycles. The van der Waals surface area contributed by atoms with E-state index in [0.717, 1.165) is 50.4 Å². The molecule has 162 valence electrons. The zero-order valence-corrected chi connectivity index (χ0v) is 18.4. The van der Waals surface area contributed by atoms with Crippen molar-refractivity contribution in [1.82, 2.24) is 39.7 Å². The summed E-state index contributed by atoms with van der Waals surface area (Å²) in [5.74, 6) is 0.658. The van der Waals surface area contributed by atoms with Gasteiger partial charge in [0.05, 0.1) is 46.3 Å². The summed E-state index contributed by atoms with van der Waals surface area (Å²) in [6.45, 7) is 1.97. The summed E-state index contributed by atoms with van der Waals surface area (Å²) >= 11 is 0. The molecule has 33 heavy (non-hydrogen) atoms. The summed E-state index contributed by atoms with van der Waals surface area (Å²) in [5.41, 5.74) is 8.72. The predicted octanol–water partition coefficient (Wildman–Crippen LogP) is 4.12. The molecular weight excluding hydrogens is 414 g/mol. The average Bonchev–Trinajstić information content (AvgIpc) is 3.55. The van der Waals surface area contributed by atoms with Gasteiger partial charge in [-0.3, -0.25) is 10.1 Å². The van der Waals surface area contributed by atoms with Crippen LogP contribution in [-0.2, 0) is 0 Å². The van der Waals surface area contributed by atoms with Crippen LogP contribution in [0.25, 0.3) is 50.5 Å². The van der Waals surface area contributed by atoms with E-state index in [2.05, 4.69) is 31.2 Å². The van der Waals surface area contributed by atoms with Crippen molar-refractivity contribution in [3.8, 4) is 28.5 Å². The summed E-state index contributed by atoms with van der Waals surface area (Å²) in [6, 6.07) is 12.1. The molecule has 0 fully saturated rings. The number of nitrogens with one attached hydrogen (secondary N) is 2. The lowest BCUT2D eigenvalue weighted by Crippen LogP contribution is -2.08. The fourth-order valence-corrected chi connectivity index (χ4v) is 3.93. The molecule has 9 nitrogen and oxygen atoms in total. The van der Waals surface area contributed by atoms with Crippen molar-refractivity contribution in [2.24, 2.45) is 0 Å². The minimum atomic E-state index is 0.658. The highest BCUT2D eigenvalue weighted by Gasteiger charge is 2.17. The lowest BCUT2D eigenvalue weighted by atomic mass is 10.1. The molecule has 6 aromatic rings. The molecule has 1 aromatic carbocycles. The van der Waals surface area contributed by atoms with Crippen LogP contribution in [0.5, 0.6) is 0 Å². The molecular formula is C24H21N9.